The van der Waals surface area contributed by atoms with Crippen molar-refractivity contribution < 1.29 is 4.79 Å². The summed E-state index contributed by atoms with van der Waals surface area (Å²) in [6, 6.07) is 13.4. The molecule has 0 aliphatic carbocycles. The van der Waals surface area contributed by atoms with Gasteiger partial charge in [0.2, 0.25) is 5.91 Å². The third-order valence-electron chi connectivity index (χ3n) is 7.65. The minimum absolute atomic E-state index is 0.398. The molecule has 0 radical (unpaired) electrons. The molecule has 3 heterocycles. The normalized spacial score (nSPS) is 14.6. The van der Waals surface area contributed by atoms with E-state index in [0.29, 0.717) is 11.6 Å². The fourth-order valence-corrected chi connectivity index (χ4v) is 5.36. The van der Waals surface area contributed by atoms with Gasteiger partial charge in [0, 0.05) is 59.3 Å². The number of nitrogens with one attached hydrogen (secondary N) is 2. The first kappa shape index (κ1) is 23.1. The number of nitrogens with two attached hydrogens (primary N) is 1. The Hall–Kier alpha value is -3.64. The van der Waals surface area contributed by atoms with E-state index in [4.69, 9.17) is 10.7 Å². The molecule has 2 aromatic heterocycles. The Morgan fingerprint density at radius 2 is 1.80 bits per heavy atom. The molecule has 0 atom stereocenters. The molecular weight excluding hydrogens is 434 g/mol. The number of benzene rings is 2. The van der Waals surface area contributed by atoms with Crippen LogP contribution in [0.25, 0.3) is 33.3 Å². The van der Waals surface area contributed by atoms with Crippen molar-refractivity contribution in [3.63, 3.8) is 0 Å². The van der Waals surface area contributed by atoms with Gasteiger partial charge in [0.1, 0.15) is 5.65 Å². The summed E-state index contributed by atoms with van der Waals surface area (Å²) in [4.78, 5) is 22.3. The van der Waals surface area contributed by atoms with Crippen LogP contribution in [0.4, 0.5) is 5.69 Å². The number of fused-ring (bicyclic) bond motifs is 1. The molecule has 180 valence electrons. The maximum absolute atomic E-state index is 11.8. The summed E-state index contributed by atoms with van der Waals surface area (Å²) in [5.74, 6) is -0.398. The maximum Gasteiger partial charge on any atom is 0.248 e. The summed E-state index contributed by atoms with van der Waals surface area (Å²) in [5, 5.41) is 4.47. The van der Waals surface area contributed by atoms with E-state index in [2.05, 4.69) is 53.4 Å². The van der Waals surface area contributed by atoms with Crippen molar-refractivity contribution in [3.05, 3.63) is 71.0 Å². The molecule has 1 fully saturated rings. The summed E-state index contributed by atoms with van der Waals surface area (Å²) in [5.41, 5.74) is 15.9. The van der Waals surface area contributed by atoms with Crippen molar-refractivity contribution in [2.75, 3.05) is 25.0 Å². The SMILES string of the molecule is CNC1CCN(c2ccc(-c3cnc4[nH]cc(-c5ccc(C(N)=O)c(C)c5C)c4c3)cc2C)CC1. The number of hydrogen-bond acceptors (Lipinski definition) is 4. The van der Waals surface area contributed by atoms with Crippen LogP contribution in [-0.2, 0) is 0 Å². The lowest BCUT2D eigenvalue weighted by molar-refractivity contribution is 0.0999. The number of carbonyl (C=O) groups excluding carboxylic acids is 1. The average molecular weight is 468 g/mol. The number of rotatable bonds is 5. The molecule has 6 heteroatoms. The predicted octanol–water partition coefficient (Wildman–Crippen LogP) is 5.11. The molecule has 0 spiro atoms. The van der Waals surface area contributed by atoms with Gasteiger partial charge in [-0.05, 0) is 92.7 Å². The van der Waals surface area contributed by atoms with Gasteiger partial charge in [-0.3, -0.25) is 4.79 Å². The lowest BCUT2D eigenvalue weighted by atomic mass is 9.93. The van der Waals surface area contributed by atoms with Crippen LogP contribution in [0.3, 0.4) is 0 Å². The van der Waals surface area contributed by atoms with E-state index in [-0.39, 0.29) is 0 Å². The van der Waals surface area contributed by atoms with Gasteiger partial charge in [-0.25, -0.2) is 4.98 Å². The molecule has 1 aliphatic rings. The third kappa shape index (κ3) is 4.19. The fourth-order valence-electron chi connectivity index (χ4n) is 5.36. The second-order valence-electron chi connectivity index (χ2n) is 9.65. The molecule has 6 nitrogen and oxygen atoms in total. The number of piperidine rings is 1. The summed E-state index contributed by atoms with van der Waals surface area (Å²) in [6.45, 7) is 8.35. The molecule has 1 saturated heterocycles. The van der Waals surface area contributed by atoms with Crippen LogP contribution in [-0.4, -0.2) is 42.1 Å². The predicted molar refractivity (Wildman–Crippen MR) is 144 cm³/mol. The maximum atomic E-state index is 11.8. The number of hydrogen-bond donors (Lipinski definition) is 3. The van der Waals surface area contributed by atoms with Crippen molar-refractivity contribution in [2.45, 2.75) is 39.7 Å². The van der Waals surface area contributed by atoms with E-state index in [1.54, 1.807) is 0 Å². The first-order valence-electron chi connectivity index (χ1n) is 12.3. The first-order chi connectivity index (χ1) is 16.9. The number of carbonyl (C=O) groups is 1. The number of H-pyrrole nitrogens is 1. The van der Waals surface area contributed by atoms with Crippen LogP contribution in [0.1, 0.15) is 39.9 Å². The molecule has 0 bridgehead atoms. The molecule has 4 N–H and O–H groups in total. The summed E-state index contributed by atoms with van der Waals surface area (Å²) < 4.78 is 0. The van der Waals surface area contributed by atoms with Crippen molar-refractivity contribution in [3.8, 4) is 22.3 Å². The average Bonchev–Trinajstić information content (AvgIpc) is 3.28. The van der Waals surface area contributed by atoms with Crippen LogP contribution in [0.15, 0.2) is 48.8 Å². The number of aromatic nitrogens is 2. The second-order valence-corrected chi connectivity index (χ2v) is 9.65. The van der Waals surface area contributed by atoms with Crippen LogP contribution in [0.2, 0.25) is 0 Å². The van der Waals surface area contributed by atoms with Crippen LogP contribution >= 0.6 is 0 Å². The molecule has 2 aromatic carbocycles. The number of pyridine rings is 1. The minimum atomic E-state index is -0.398. The molecular formula is C29H33N5O. The molecule has 35 heavy (non-hydrogen) atoms. The Morgan fingerprint density at radius 3 is 2.49 bits per heavy atom. The Kier molecular flexibility index (Phi) is 6.07. The third-order valence-corrected chi connectivity index (χ3v) is 7.65. The number of amides is 1. The summed E-state index contributed by atoms with van der Waals surface area (Å²) >= 11 is 0. The van der Waals surface area contributed by atoms with Gasteiger partial charge >= 0.3 is 0 Å². The molecule has 1 aliphatic heterocycles. The van der Waals surface area contributed by atoms with Crippen molar-refractivity contribution >= 4 is 22.6 Å². The number of aromatic amines is 1. The van der Waals surface area contributed by atoms with E-state index >= 15 is 0 Å². The highest BCUT2D eigenvalue weighted by molar-refractivity contribution is 5.99. The van der Waals surface area contributed by atoms with E-state index in [1.807, 2.05) is 38.4 Å². The zero-order valence-corrected chi connectivity index (χ0v) is 20.9. The lowest BCUT2D eigenvalue weighted by Gasteiger charge is -2.34. The van der Waals surface area contributed by atoms with E-state index in [9.17, 15) is 4.79 Å². The Balaban J connectivity index is 1.49. The van der Waals surface area contributed by atoms with E-state index < -0.39 is 5.91 Å². The van der Waals surface area contributed by atoms with Crippen molar-refractivity contribution in [1.82, 2.24) is 15.3 Å². The Bertz CT molecular complexity index is 1410. The zero-order valence-electron chi connectivity index (χ0n) is 20.9. The van der Waals surface area contributed by atoms with Gasteiger partial charge in [0.15, 0.2) is 0 Å². The number of aryl methyl sites for hydroxylation is 1. The first-order valence-corrected chi connectivity index (χ1v) is 12.3. The van der Waals surface area contributed by atoms with Gasteiger partial charge < -0.3 is 20.9 Å². The van der Waals surface area contributed by atoms with Gasteiger partial charge in [-0.2, -0.15) is 0 Å². The quantitative estimate of drug-likeness (QED) is 0.381. The summed E-state index contributed by atoms with van der Waals surface area (Å²) in [7, 11) is 2.06. The number of anilines is 1. The topological polar surface area (TPSA) is 87.0 Å². The largest absolute Gasteiger partial charge is 0.371 e. The molecule has 1 amide bonds. The van der Waals surface area contributed by atoms with Crippen molar-refractivity contribution in [1.29, 1.82) is 0 Å². The zero-order chi connectivity index (χ0) is 24.7. The second kappa shape index (κ2) is 9.19. The summed E-state index contributed by atoms with van der Waals surface area (Å²) in [6.07, 6.45) is 6.28. The molecule has 0 unspecified atom stereocenters. The highest BCUT2D eigenvalue weighted by Crippen LogP contribution is 2.35. The lowest BCUT2D eigenvalue weighted by Crippen LogP contribution is -2.41. The van der Waals surface area contributed by atoms with Crippen LogP contribution in [0.5, 0.6) is 0 Å². The van der Waals surface area contributed by atoms with Gasteiger partial charge in [-0.15, -0.1) is 0 Å². The van der Waals surface area contributed by atoms with Gasteiger partial charge in [0.25, 0.3) is 0 Å². The van der Waals surface area contributed by atoms with Crippen LogP contribution < -0.4 is 16.0 Å². The van der Waals surface area contributed by atoms with E-state index in [0.717, 1.165) is 57.5 Å². The smallest absolute Gasteiger partial charge is 0.248 e. The number of primary amides is 1. The molecule has 5 rings (SSSR count). The van der Waals surface area contributed by atoms with Crippen LogP contribution in [0, 0.1) is 20.8 Å². The van der Waals surface area contributed by atoms with E-state index in [1.165, 1.54) is 24.1 Å². The van der Waals surface area contributed by atoms with Gasteiger partial charge in [-0.1, -0.05) is 12.1 Å². The highest BCUT2D eigenvalue weighted by Gasteiger charge is 2.20. The van der Waals surface area contributed by atoms with Crippen molar-refractivity contribution in [2.24, 2.45) is 5.73 Å². The minimum Gasteiger partial charge on any atom is -0.371 e. The highest BCUT2D eigenvalue weighted by atomic mass is 16.1. The monoisotopic (exact) mass is 467 g/mol. The Labute approximate surface area is 206 Å². The standard InChI is InChI=1S/C29H33N5O/c1-17-13-20(5-8-27(17)34-11-9-22(31-4)10-12-34)21-14-25-26(16-33-29(25)32-15-21)23-6-7-24(28(30)35)19(3)18(23)2/h5-8,13-16,22,31H,9-12H2,1-4H3,(H2,30,35)(H,32,33). The molecule has 4 aromatic rings. The van der Waals surface area contributed by atoms with Gasteiger partial charge in [0.05, 0.1) is 0 Å². The number of nitrogens with zero attached hydrogens (tertiary/aromatic N) is 2. The fraction of sp³-hybridized carbons (Fsp3) is 0.310. The molecule has 0 saturated carbocycles. The Morgan fingerprint density at radius 1 is 1.03 bits per heavy atom.